The topological polar surface area (TPSA) is 21.3 Å². The number of benzene rings is 10. The molecule has 0 aliphatic heterocycles. The minimum atomic E-state index is 0.866. The first-order chi connectivity index (χ1) is 31.3. The molecule has 3 nitrogen and oxygen atoms in total. The van der Waals surface area contributed by atoms with E-state index in [0.717, 1.165) is 61.4 Å². The maximum absolute atomic E-state index is 6.37. The highest BCUT2D eigenvalue weighted by Crippen LogP contribution is 2.47. The summed E-state index contributed by atoms with van der Waals surface area (Å²) >= 11 is 0. The Bertz CT molecular complexity index is 3570. The first-order valence-electron chi connectivity index (χ1n) is 21.5. The number of rotatable bonds is 8. The summed E-state index contributed by atoms with van der Waals surface area (Å²) in [6.07, 6.45) is 0. The minimum Gasteiger partial charge on any atom is -0.456 e. The lowest BCUT2D eigenvalue weighted by Crippen LogP contribution is -2.11. The zero-order chi connectivity index (χ0) is 41.7. The molecule has 296 valence electrons. The molecule has 63 heavy (non-hydrogen) atoms. The van der Waals surface area contributed by atoms with Gasteiger partial charge in [0.2, 0.25) is 0 Å². The van der Waals surface area contributed by atoms with Crippen LogP contribution in [0.4, 0.5) is 17.1 Å². The second kappa shape index (κ2) is 15.3. The van der Waals surface area contributed by atoms with Gasteiger partial charge in [0.1, 0.15) is 11.2 Å². The van der Waals surface area contributed by atoms with E-state index in [-0.39, 0.29) is 0 Å². The van der Waals surface area contributed by atoms with Gasteiger partial charge in [-0.3, -0.25) is 0 Å². The van der Waals surface area contributed by atoms with Gasteiger partial charge in [0.25, 0.3) is 0 Å². The monoisotopic (exact) mass is 804 g/mol. The predicted molar refractivity (Wildman–Crippen MR) is 264 cm³/mol. The summed E-state index contributed by atoms with van der Waals surface area (Å²) in [7, 11) is 0. The van der Waals surface area contributed by atoms with Crippen LogP contribution in [0.25, 0.3) is 93.9 Å². The predicted octanol–water partition coefficient (Wildman–Crippen LogP) is 16.8. The van der Waals surface area contributed by atoms with E-state index in [0.29, 0.717) is 0 Å². The number of aromatic nitrogens is 1. The third-order valence-electron chi connectivity index (χ3n) is 12.4. The van der Waals surface area contributed by atoms with Crippen molar-refractivity contribution in [3.63, 3.8) is 0 Å². The molecular weight excluding hydrogens is 765 g/mol. The summed E-state index contributed by atoms with van der Waals surface area (Å²) < 4.78 is 8.74. The van der Waals surface area contributed by atoms with Gasteiger partial charge < -0.3 is 13.9 Å². The SMILES string of the molecule is c1ccc(-c2ccc(-c3ccccc3-c3ccccc3)c(-c3ccccc3N(c3ccc(-n4c5ccccc5c5ccccc54)cc3)c3ccc4oc5ccccc5c4c3)c2)cc1. The van der Waals surface area contributed by atoms with Crippen LogP contribution in [0.1, 0.15) is 0 Å². The second-order valence-electron chi connectivity index (χ2n) is 16.1. The van der Waals surface area contributed by atoms with Gasteiger partial charge in [-0.05, 0) is 112 Å². The molecule has 2 aromatic heterocycles. The van der Waals surface area contributed by atoms with Gasteiger partial charge in [0.05, 0.1) is 16.7 Å². The van der Waals surface area contributed by atoms with E-state index in [1.54, 1.807) is 0 Å². The van der Waals surface area contributed by atoms with Gasteiger partial charge in [0, 0.05) is 44.2 Å². The van der Waals surface area contributed by atoms with Crippen LogP contribution in [-0.4, -0.2) is 4.57 Å². The van der Waals surface area contributed by atoms with Gasteiger partial charge >= 0.3 is 0 Å². The largest absolute Gasteiger partial charge is 0.456 e. The normalized spacial score (nSPS) is 11.5. The summed E-state index contributed by atoms with van der Waals surface area (Å²) in [6.45, 7) is 0. The van der Waals surface area contributed by atoms with E-state index in [4.69, 9.17) is 4.42 Å². The molecule has 0 unspecified atom stereocenters. The van der Waals surface area contributed by atoms with Gasteiger partial charge in [-0.1, -0.05) is 170 Å². The molecule has 0 spiro atoms. The number of nitrogens with zero attached hydrogens (tertiary/aromatic N) is 2. The number of para-hydroxylation sites is 4. The average Bonchev–Trinajstić information content (AvgIpc) is 3.90. The van der Waals surface area contributed by atoms with Gasteiger partial charge in [0.15, 0.2) is 0 Å². The lowest BCUT2D eigenvalue weighted by molar-refractivity contribution is 0.669. The van der Waals surface area contributed by atoms with Crippen molar-refractivity contribution in [2.24, 2.45) is 0 Å². The van der Waals surface area contributed by atoms with E-state index in [1.165, 1.54) is 49.6 Å². The molecule has 12 aromatic rings. The van der Waals surface area contributed by atoms with Gasteiger partial charge in [-0.15, -0.1) is 0 Å². The summed E-state index contributed by atoms with van der Waals surface area (Å²) in [5.74, 6) is 0. The quantitative estimate of drug-likeness (QED) is 0.153. The molecule has 0 saturated carbocycles. The summed E-state index contributed by atoms with van der Waals surface area (Å²) in [5.41, 5.74) is 17.7. The highest BCUT2D eigenvalue weighted by atomic mass is 16.3. The highest BCUT2D eigenvalue weighted by Gasteiger charge is 2.23. The average molecular weight is 805 g/mol. The third-order valence-corrected chi connectivity index (χ3v) is 12.4. The molecule has 0 bridgehead atoms. The van der Waals surface area contributed by atoms with E-state index < -0.39 is 0 Å². The molecule has 0 radical (unpaired) electrons. The van der Waals surface area contributed by atoms with Crippen molar-refractivity contribution in [3.05, 3.63) is 243 Å². The maximum atomic E-state index is 6.37. The van der Waals surface area contributed by atoms with Crippen molar-refractivity contribution >= 4 is 60.8 Å². The Hall–Kier alpha value is -8.40. The Morgan fingerprint density at radius 3 is 1.57 bits per heavy atom. The van der Waals surface area contributed by atoms with Crippen LogP contribution >= 0.6 is 0 Å². The number of fused-ring (bicyclic) bond motifs is 6. The van der Waals surface area contributed by atoms with Crippen LogP contribution in [0.15, 0.2) is 247 Å². The zero-order valence-corrected chi connectivity index (χ0v) is 34.4. The van der Waals surface area contributed by atoms with Crippen molar-refractivity contribution in [1.82, 2.24) is 4.57 Å². The first-order valence-corrected chi connectivity index (χ1v) is 21.5. The van der Waals surface area contributed by atoms with E-state index in [9.17, 15) is 0 Å². The van der Waals surface area contributed by atoms with E-state index in [2.05, 4.69) is 240 Å². The summed E-state index contributed by atoms with van der Waals surface area (Å²) in [6, 6.07) is 87.3. The lowest BCUT2D eigenvalue weighted by atomic mass is 9.87. The van der Waals surface area contributed by atoms with Gasteiger partial charge in [-0.2, -0.15) is 0 Å². The molecule has 0 aliphatic rings. The molecule has 0 atom stereocenters. The standard InChI is InChI=1S/C60H40N2O/c1-3-17-41(18-4-1)43-31-37-49(48-22-8-7-21-47(48)42-19-5-2-6-20-42)54(39-43)52-25-11-13-27-56(52)61(46-36-38-60-55(40-46)53-26-12-16-30-59(53)63-60)44-32-34-45(35-33-44)62-57-28-14-9-23-50(57)51-24-10-15-29-58(51)62/h1-40H. The first kappa shape index (κ1) is 36.5. The van der Waals surface area contributed by atoms with Crippen molar-refractivity contribution in [2.75, 3.05) is 4.90 Å². The summed E-state index contributed by atoms with van der Waals surface area (Å²) in [5, 5.41) is 4.67. The molecule has 0 amide bonds. The smallest absolute Gasteiger partial charge is 0.135 e. The molecule has 12 rings (SSSR count). The Labute approximate surface area is 366 Å². The highest BCUT2D eigenvalue weighted by molar-refractivity contribution is 6.10. The van der Waals surface area contributed by atoms with E-state index in [1.807, 2.05) is 12.1 Å². The zero-order valence-electron chi connectivity index (χ0n) is 34.4. The molecule has 2 heterocycles. The number of furan rings is 1. The summed E-state index contributed by atoms with van der Waals surface area (Å²) in [4.78, 5) is 2.41. The number of hydrogen-bond acceptors (Lipinski definition) is 2. The fourth-order valence-electron chi connectivity index (χ4n) is 9.53. The Morgan fingerprint density at radius 1 is 0.302 bits per heavy atom. The van der Waals surface area contributed by atoms with Gasteiger partial charge in [-0.25, -0.2) is 0 Å². The maximum Gasteiger partial charge on any atom is 0.135 e. The Morgan fingerprint density at radius 2 is 0.841 bits per heavy atom. The van der Waals surface area contributed by atoms with Crippen molar-refractivity contribution < 1.29 is 4.42 Å². The molecular formula is C60H40N2O. The Balaban J connectivity index is 1.09. The molecule has 0 N–H and O–H groups in total. The van der Waals surface area contributed by atoms with Crippen LogP contribution in [0, 0.1) is 0 Å². The fraction of sp³-hybridized carbons (Fsp3) is 0. The second-order valence-corrected chi connectivity index (χ2v) is 16.1. The number of hydrogen-bond donors (Lipinski definition) is 0. The molecule has 0 saturated heterocycles. The number of anilines is 3. The molecule has 10 aromatic carbocycles. The van der Waals surface area contributed by atoms with Crippen LogP contribution in [0.5, 0.6) is 0 Å². The third kappa shape index (κ3) is 6.29. The van der Waals surface area contributed by atoms with Crippen LogP contribution in [-0.2, 0) is 0 Å². The van der Waals surface area contributed by atoms with Crippen LogP contribution < -0.4 is 4.90 Å². The van der Waals surface area contributed by atoms with E-state index >= 15 is 0 Å². The van der Waals surface area contributed by atoms with Crippen LogP contribution in [0.2, 0.25) is 0 Å². The lowest BCUT2D eigenvalue weighted by Gasteiger charge is -2.29. The van der Waals surface area contributed by atoms with Crippen molar-refractivity contribution in [1.29, 1.82) is 0 Å². The van der Waals surface area contributed by atoms with Crippen molar-refractivity contribution in [3.8, 4) is 50.2 Å². The van der Waals surface area contributed by atoms with Crippen molar-refractivity contribution in [2.45, 2.75) is 0 Å². The van der Waals surface area contributed by atoms with Crippen LogP contribution in [0.3, 0.4) is 0 Å². The Kier molecular flexibility index (Phi) is 8.83. The fourth-order valence-corrected chi connectivity index (χ4v) is 9.53. The molecule has 0 fully saturated rings. The molecule has 0 aliphatic carbocycles. The minimum absolute atomic E-state index is 0.866. The molecule has 3 heteroatoms.